The summed E-state index contributed by atoms with van der Waals surface area (Å²) < 4.78 is 0. The minimum Gasteiger partial charge on any atom is -0.344 e. The lowest BCUT2D eigenvalue weighted by Crippen LogP contribution is -2.46. The van der Waals surface area contributed by atoms with Crippen molar-refractivity contribution in [3.63, 3.8) is 0 Å². The van der Waals surface area contributed by atoms with Crippen molar-refractivity contribution in [1.29, 1.82) is 0 Å². The van der Waals surface area contributed by atoms with Gasteiger partial charge in [-0.05, 0) is 49.9 Å². The van der Waals surface area contributed by atoms with Crippen molar-refractivity contribution in [2.24, 2.45) is 5.92 Å². The summed E-state index contributed by atoms with van der Waals surface area (Å²) in [6.45, 7) is 9.68. The fraction of sp³-hybridized carbons (Fsp3) is 0.600. The zero-order valence-electron chi connectivity index (χ0n) is 15.8. The van der Waals surface area contributed by atoms with Gasteiger partial charge in [0.15, 0.2) is 0 Å². The molecule has 25 heavy (non-hydrogen) atoms. The van der Waals surface area contributed by atoms with Gasteiger partial charge in [0.05, 0.1) is 0 Å². The standard InChI is InChI=1S/C20H31N3O2/c1-14(2)19(21-16(4)24)20(25)22-18-10-8-17(9-11-18)13-23-12-6-5-7-15(23)3/h8-11,14-15,19H,5-7,12-13H2,1-4H3,(H,21,24)(H,22,25). The minimum absolute atomic E-state index is 0.0313. The highest BCUT2D eigenvalue weighted by atomic mass is 16.2. The molecule has 2 unspecified atom stereocenters. The number of amides is 2. The fourth-order valence-corrected chi connectivity index (χ4v) is 3.29. The topological polar surface area (TPSA) is 61.4 Å². The van der Waals surface area contributed by atoms with Gasteiger partial charge in [-0.3, -0.25) is 14.5 Å². The summed E-state index contributed by atoms with van der Waals surface area (Å²) in [5.41, 5.74) is 2.02. The first-order valence-electron chi connectivity index (χ1n) is 9.27. The van der Waals surface area contributed by atoms with E-state index in [0.717, 1.165) is 18.8 Å². The van der Waals surface area contributed by atoms with E-state index in [-0.39, 0.29) is 17.7 Å². The monoisotopic (exact) mass is 345 g/mol. The molecule has 1 heterocycles. The van der Waals surface area contributed by atoms with Crippen LogP contribution >= 0.6 is 0 Å². The van der Waals surface area contributed by atoms with Gasteiger partial charge in [0.2, 0.25) is 11.8 Å². The van der Waals surface area contributed by atoms with E-state index in [2.05, 4.69) is 34.6 Å². The molecule has 5 nitrogen and oxygen atoms in total. The van der Waals surface area contributed by atoms with E-state index in [1.807, 2.05) is 26.0 Å². The van der Waals surface area contributed by atoms with Gasteiger partial charge >= 0.3 is 0 Å². The van der Waals surface area contributed by atoms with Crippen LogP contribution in [0.2, 0.25) is 0 Å². The Balaban J connectivity index is 1.94. The summed E-state index contributed by atoms with van der Waals surface area (Å²) in [4.78, 5) is 26.2. The summed E-state index contributed by atoms with van der Waals surface area (Å²) in [6.07, 6.45) is 3.88. The van der Waals surface area contributed by atoms with Crippen LogP contribution in [-0.4, -0.2) is 35.3 Å². The Kier molecular flexibility index (Phi) is 7.00. The van der Waals surface area contributed by atoms with E-state index in [1.165, 1.54) is 31.7 Å². The molecular weight excluding hydrogens is 314 g/mol. The zero-order valence-corrected chi connectivity index (χ0v) is 15.8. The molecule has 1 aliphatic rings. The number of anilines is 1. The van der Waals surface area contributed by atoms with E-state index in [1.54, 1.807) is 0 Å². The highest BCUT2D eigenvalue weighted by Gasteiger charge is 2.23. The number of piperidine rings is 1. The molecule has 0 spiro atoms. The number of carbonyl (C=O) groups is 2. The zero-order chi connectivity index (χ0) is 18.4. The highest BCUT2D eigenvalue weighted by molar-refractivity contribution is 5.97. The smallest absolute Gasteiger partial charge is 0.247 e. The molecule has 0 bridgehead atoms. The van der Waals surface area contributed by atoms with Gasteiger partial charge in [0, 0.05) is 25.2 Å². The van der Waals surface area contributed by atoms with Crippen molar-refractivity contribution >= 4 is 17.5 Å². The van der Waals surface area contributed by atoms with Crippen LogP contribution in [0.5, 0.6) is 0 Å². The maximum Gasteiger partial charge on any atom is 0.247 e. The summed E-state index contributed by atoms with van der Waals surface area (Å²) in [7, 11) is 0. The highest BCUT2D eigenvalue weighted by Crippen LogP contribution is 2.20. The van der Waals surface area contributed by atoms with Crippen LogP contribution in [0.3, 0.4) is 0 Å². The first-order chi connectivity index (χ1) is 11.9. The predicted molar refractivity (Wildman–Crippen MR) is 101 cm³/mol. The minimum atomic E-state index is -0.522. The Morgan fingerprint density at radius 3 is 2.44 bits per heavy atom. The number of rotatable bonds is 6. The molecule has 1 aliphatic heterocycles. The summed E-state index contributed by atoms with van der Waals surface area (Å²) in [6, 6.07) is 8.13. The third-order valence-corrected chi connectivity index (χ3v) is 4.86. The quantitative estimate of drug-likeness (QED) is 0.832. The third-order valence-electron chi connectivity index (χ3n) is 4.86. The molecule has 1 fully saturated rings. The third kappa shape index (κ3) is 5.85. The number of nitrogens with zero attached hydrogens (tertiary/aromatic N) is 1. The average Bonchev–Trinajstić information content (AvgIpc) is 2.56. The van der Waals surface area contributed by atoms with Crippen LogP contribution in [-0.2, 0) is 16.1 Å². The maximum absolute atomic E-state index is 12.4. The Labute approximate surface area is 151 Å². The molecule has 138 valence electrons. The second-order valence-corrected chi connectivity index (χ2v) is 7.42. The lowest BCUT2D eigenvalue weighted by molar-refractivity contribution is -0.126. The van der Waals surface area contributed by atoms with Crippen LogP contribution in [0.15, 0.2) is 24.3 Å². The van der Waals surface area contributed by atoms with Gasteiger partial charge in [-0.15, -0.1) is 0 Å². The van der Waals surface area contributed by atoms with Gasteiger partial charge < -0.3 is 10.6 Å². The Morgan fingerprint density at radius 1 is 1.20 bits per heavy atom. The van der Waals surface area contributed by atoms with Crippen LogP contribution in [0.25, 0.3) is 0 Å². The molecule has 2 N–H and O–H groups in total. The largest absolute Gasteiger partial charge is 0.344 e. The Morgan fingerprint density at radius 2 is 1.88 bits per heavy atom. The van der Waals surface area contributed by atoms with Gasteiger partial charge in [0.25, 0.3) is 0 Å². The van der Waals surface area contributed by atoms with E-state index >= 15 is 0 Å². The summed E-state index contributed by atoms with van der Waals surface area (Å²) in [5, 5.41) is 5.61. The van der Waals surface area contributed by atoms with E-state index in [9.17, 15) is 9.59 Å². The first-order valence-corrected chi connectivity index (χ1v) is 9.27. The molecule has 0 aliphatic carbocycles. The second kappa shape index (κ2) is 8.99. The predicted octanol–water partition coefficient (Wildman–Crippen LogP) is 3.16. The van der Waals surface area contributed by atoms with Crippen molar-refractivity contribution in [2.75, 3.05) is 11.9 Å². The fourth-order valence-electron chi connectivity index (χ4n) is 3.29. The maximum atomic E-state index is 12.4. The van der Waals surface area contributed by atoms with Crippen LogP contribution < -0.4 is 10.6 Å². The van der Waals surface area contributed by atoms with Crippen molar-refractivity contribution in [3.8, 4) is 0 Å². The molecule has 1 aromatic rings. The van der Waals surface area contributed by atoms with Gasteiger partial charge in [-0.1, -0.05) is 32.4 Å². The number of carbonyl (C=O) groups excluding carboxylic acids is 2. The van der Waals surface area contributed by atoms with Crippen molar-refractivity contribution in [1.82, 2.24) is 10.2 Å². The second-order valence-electron chi connectivity index (χ2n) is 7.42. The van der Waals surface area contributed by atoms with Crippen molar-refractivity contribution in [2.45, 2.75) is 65.6 Å². The molecule has 1 saturated heterocycles. The molecule has 5 heteroatoms. The molecule has 2 rings (SSSR count). The van der Waals surface area contributed by atoms with Crippen LogP contribution in [0, 0.1) is 5.92 Å². The van der Waals surface area contributed by atoms with E-state index in [4.69, 9.17) is 0 Å². The number of nitrogens with one attached hydrogen (secondary N) is 2. The summed E-state index contributed by atoms with van der Waals surface area (Å²) >= 11 is 0. The molecule has 1 aromatic carbocycles. The molecular formula is C20H31N3O2. The van der Waals surface area contributed by atoms with Gasteiger partial charge in [-0.25, -0.2) is 0 Å². The first kappa shape index (κ1) is 19.4. The number of benzene rings is 1. The van der Waals surface area contributed by atoms with Crippen molar-refractivity contribution in [3.05, 3.63) is 29.8 Å². The van der Waals surface area contributed by atoms with Crippen LogP contribution in [0.1, 0.15) is 52.5 Å². The molecule has 0 aromatic heterocycles. The molecule has 0 radical (unpaired) electrons. The Hall–Kier alpha value is -1.88. The lowest BCUT2D eigenvalue weighted by atomic mass is 10.0. The SMILES string of the molecule is CC(=O)NC(C(=O)Nc1ccc(CN2CCCCC2C)cc1)C(C)C. The molecule has 0 saturated carbocycles. The summed E-state index contributed by atoms with van der Waals surface area (Å²) in [5.74, 6) is -0.341. The number of hydrogen-bond donors (Lipinski definition) is 2. The van der Waals surface area contributed by atoms with E-state index < -0.39 is 6.04 Å². The van der Waals surface area contributed by atoms with Gasteiger partial charge in [-0.2, -0.15) is 0 Å². The molecule has 2 amide bonds. The van der Waals surface area contributed by atoms with Crippen molar-refractivity contribution < 1.29 is 9.59 Å². The molecule has 2 atom stereocenters. The van der Waals surface area contributed by atoms with E-state index in [0.29, 0.717) is 6.04 Å². The van der Waals surface area contributed by atoms with Crippen LogP contribution in [0.4, 0.5) is 5.69 Å². The number of likely N-dealkylation sites (tertiary alicyclic amines) is 1. The number of hydrogen-bond acceptors (Lipinski definition) is 3. The lowest BCUT2D eigenvalue weighted by Gasteiger charge is -2.33. The normalized spacial score (nSPS) is 19.5. The Bertz CT molecular complexity index is 583. The average molecular weight is 345 g/mol. The van der Waals surface area contributed by atoms with Gasteiger partial charge in [0.1, 0.15) is 6.04 Å².